The second-order valence-electron chi connectivity index (χ2n) is 8.89. The highest BCUT2D eigenvalue weighted by Crippen LogP contribution is 2.32. The molecule has 1 amide bonds. The molecule has 1 aliphatic heterocycles. The Hall–Kier alpha value is -3.24. The predicted molar refractivity (Wildman–Crippen MR) is 142 cm³/mol. The lowest BCUT2D eigenvalue weighted by atomic mass is 10.1. The Morgan fingerprint density at radius 3 is 2.53 bits per heavy atom. The minimum Gasteiger partial charge on any atom is -0.370 e. The van der Waals surface area contributed by atoms with Crippen molar-refractivity contribution in [1.29, 1.82) is 0 Å². The van der Waals surface area contributed by atoms with Crippen LogP contribution in [0.5, 0.6) is 0 Å². The maximum atomic E-state index is 13.1. The van der Waals surface area contributed by atoms with Crippen molar-refractivity contribution < 1.29 is 13.2 Å². The molecule has 0 aliphatic carbocycles. The fraction of sp³-hybridized carbons (Fsp3) is 0.423. The number of H-pyrrole nitrogens is 1. The van der Waals surface area contributed by atoms with Crippen LogP contribution >= 0.6 is 0 Å². The fourth-order valence-electron chi connectivity index (χ4n) is 4.60. The number of hydrogen-bond donors (Lipinski definition) is 2. The SMILES string of the molecule is CCN(CC)S(=O)(=O)c1ccc(N2CCCCC2)c(NC(=O)CCc2nc3ccccc3c(=O)[nH]2)c1. The number of nitrogens with one attached hydrogen (secondary N) is 2. The Labute approximate surface area is 211 Å². The lowest BCUT2D eigenvalue weighted by Gasteiger charge is -2.31. The van der Waals surface area contributed by atoms with Crippen LogP contribution in [0, 0.1) is 0 Å². The number of carbonyl (C=O) groups excluding carboxylic acids is 1. The Morgan fingerprint density at radius 2 is 1.81 bits per heavy atom. The van der Waals surface area contributed by atoms with E-state index in [1.165, 1.54) is 4.31 Å². The zero-order valence-electron chi connectivity index (χ0n) is 20.8. The molecule has 0 radical (unpaired) electrons. The van der Waals surface area contributed by atoms with Crippen molar-refractivity contribution in [3.63, 3.8) is 0 Å². The minimum atomic E-state index is -3.67. The van der Waals surface area contributed by atoms with E-state index in [0.717, 1.165) is 38.0 Å². The molecule has 10 heteroatoms. The largest absolute Gasteiger partial charge is 0.370 e. The highest BCUT2D eigenvalue weighted by Gasteiger charge is 2.24. The van der Waals surface area contributed by atoms with Crippen molar-refractivity contribution >= 4 is 38.2 Å². The molecule has 9 nitrogen and oxygen atoms in total. The Morgan fingerprint density at radius 1 is 1.08 bits per heavy atom. The molecule has 1 aromatic heterocycles. The van der Waals surface area contributed by atoms with E-state index in [1.807, 2.05) is 6.07 Å². The first-order valence-corrected chi connectivity index (χ1v) is 13.9. The molecule has 1 saturated heterocycles. The van der Waals surface area contributed by atoms with Crippen LogP contribution in [0.1, 0.15) is 45.4 Å². The number of hydrogen-bond acceptors (Lipinski definition) is 6. The summed E-state index contributed by atoms with van der Waals surface area (Å²) in [7, 11) is -3.67. The molecule has 1 fully saturated rings. The van der Waals surface area contributed by atoms with Gasteiger partial charge < -0.3 is 15.2 Å². The van der Waals surface area contributed by atoms with Crippen LogP contribution in [-0.2, 0) is 21.2 Å². The zero-order valence-corrected chi connectivity index (χ0v) is 21.6. The molecule has 2 N–H and O–H groups in total. The van der Waals surface area contributed by atoms with Gasteiger partial charge in [0, 0.05) is 39.0 Å². The number of aromatic amines is 1. The number of piperidine rings is 1. The number of aromatic nitrogens is 2. The van der Waals surface area contributed by atoms with E-state index >= 15 is 0 Å². The third kappa shape index (κ3) is 5.60. The molecule has 2 heterocycles. The summed E-state index contributed by atoms with van der Waals surface area (Å²) < 4.78 is 27.7. The predicted octanol–water partition coefficient (Wildman–Crippen LogP) is 3.52. The van der Waals surface area contributed by atoms with Gasteiger partial charge in [0.2, 0.25) is 15.9 Å². The molecule has 1 aliphatic rings. The summed E-state index contributed by atoms with van der Waals surface area (Å²) in [5, 5.41) is 3.44. The number of fused-ring (bicyclic) bond motifs is 1. The van der Waals surface area contributed by atoms with Crippen LogP contribution in [0.15, 0.2) is 52.2 Å². The van der Waals surface area contributed by atoms with Crippen molar-refractivity contribution in [2.45, 2.75) is 50.8 Å². The van der Waals surface area contributed by atoms with Gasteiger partial charge in [0.05, 0.1) is 27.2 Å². The number of anilines is 2. The molecular weight excluding hydrogens is 478 g/mol. The second kappa shape index (κ2) is 11.2. The Balaban J connectivity index is 1.57. The molecular formula is C26H33N5O4S. The molecule has 4 rings (SSSR count). The van der Waals surface area contributed by atoms with E-state index in [1.54, 1.807) is 50.2 Å². The van der Waals surface area contributed by atoms with E-state index in [-0.39, 0.29) is 29.2 Å². The molecule has 0 saturated carbocycles. The smallest absolute Gasteiger partial charge is 0.258 e. The summed E-state index contributed by atoms with van der Waals surface area (Å²) in [5.41, 5.74) is 1.64. The van der Waals surface area contributed by atoms with Gasteiger partial charge in [-0.2, -0.15) is 4.31 Å². The van der Waals surface area contributed by atoms with Gasteiger partial charge in [-0.25, -0.2) is 13.4 Å². The van der Waals surface area contributed by atoms with Crippen molar-refractivity contribution in [3.8, 4) is 0 Å². The minimum absolute atomic E-state index is 0.0910. The van der Waals surface area contributed by atoms with E-state index in [0.29, 0.717) is 35.5 Å². The number of sulfonamides is 1. The van der Waals surface area contributed by atoms with Crippen molar-refractivity contribution in [2.75, 3.05) is 36.4 Å². The summed E-state index contributed by atoms with van der Waals surface area (Å²) in [6, 6.07) is 12.0. The van der Waals surface area contributed by atoms with Gasteiger partial charge >= 0.3 is 0 Å². The van der Waals surface area contributed by atoms with Gasteiger partial charge in [-0.3, -0.25) is 9.59 Å². The number of benzene rings is 2. The van der Waals surface area contributed by atoms with Crippen LogP contribution in [-0.4, -0.2) is 54.8 Å². The molecule has 0 atom stereocenters. The molecule has 0 unspecified atom stereocenters. The fourth-order valence-corrected chi connectivity index (χ4v) is 6.08. The standard InChI is InChI=1S/C26H33N5O4S/c1-3-31(4-2)36(34,35)19-12-13-23(30-16-8-5-9-17-30)22(18-19)28-25(32)15-14-24-27-21-11-7-6-10-20(21)26(33)29-24/h6-7,10-13,18H,3-5,8-9,14-17H2,1-2H3,(H,28,32)(H,27,29,33). The second-order valence-corrected chi connectivity index (χ2v) is 10.8. The molecule has 192 valence electrons. The van der Waals surface area contributed by atoms with Crippen LogP contribution in [0.3, 0.4) is 0 Å². The van der Waals surface area contributed by atoms with Gasteiger partial charge in [0.1, 0.15) is 5.82 Å². The first-order chi connectivity index (χ1) is 17.3. The monoisotopic (exact) mass is 511 g/mol. The highest BCUT2D eigenvalue weighted by atomic mass is 32.2. The highest BCUT2D eigenvalue weighted by molar-refractivity contribution is 7.89. The molecule has 0 spiro atoms. The topological polar surface area (TPSA) is 115 Å². The molecule has 0 bridgehead atoms. The number of aryl methyl sites for hydroxylation is 1. The maximum Gasteiger partial charge on any atom is 0.258 e. The average Bonchev–Trinajstić information content (AvgIpc) is 2.88. The van der Waals surface area contributed by atoms with Gasteiger partial charge in [0.15, 0.2) is 0 Å². The van der Waals surface area contributed by atoms with Crippen molar-refractivity contribution in [2.24, 2.45) is 0 Å². The molecule has 2 aromatic carbocycles. The normalized spacial score (nSPS) is 14.4. The Kier molecular flexibility index (Phi) is 8.05. The lowest BCUT2D eigenvalue weighted by molar-refractivity contribution is -0.116. The maximum absolute atomic E-state index is 13.1. The van der Waals surface area contributed by atoms with E-state index < -0.39 is 10.0 Å². The van der Waals surface area contributed by atoms with Crippen molar-refractivity contribution in [3.05, 3.63) is 58.6 Å². The van der Waals surface area contributed by atoms with Crippen LogP contribution in [0.4, 0.5) is 11.4 Å². The van der Waals surface area contributed by atoms with Crippen LogP contribution in [0.2, 0.25) is 0 Å². The third-order valence-corrected chi connectivity index (χ3v) is 8.58. The zero-order chi connectivity index (χ0) is 25.7. The number of amides is 1. The number of carbonyl (C=O) groups is 1. The summed E-state index contributed by atoms with van der Waals surface area (Å²) in [6.45, 7) is 6.05. The summed E-state index contributed by atoms with van der Waals surface area (Å²) in [4.78, 5) is 34.9. The van der Waals surface area contributed by atoms with Gasteiger partial charge in [-0.1, -0.05) is 26.0 Å². The van der Waals surface area contributed by atoms with E-state index in [9.17, 15) is 18.0 Å². The Bertz CT molecular complexity index is 1390. The quantitative estimate of drug-likeness (QED) is 0.454. The number of para-hydroxylation sites is 1. The van der Waals surface area contributed by atoms with Gasteiger partial charge in [0.25, 0.3) is 5.56 Å². The van der Waals surface area contributed by atoms with Gasteiger partial charge in [-0.05, 0) is 49.6 Å². The summed E-state index contributed by atoms with van der Waals surface area (Å²) in [5.74, 6) is 0.157. The summed E-state index contributed by atoms with van der Waals surface area (Å²) in [6.07, 6.45) is 3.60. The molecule has 3 aromatic rings. The first kappa shape index (κ1) is 25.8. The number of rotatable bonds is 9. The van der Waals surface area contributed by atoms with Gasteiger partial charge in [-0.15, -0.1) is 0 Å². The first-order valence-electron chi connectivity index (χ1n) is 12.5. The third-order valence-electron chi connectivity index (χ3n) is 6.53. The lowest BCUT2D eigenvalue weighted by Crippen LogP contribution is -2.32. The van der Waals surface area contributed by atoms with Crippen molar-refractivity contribution in [1.82, 2.24) is 14.3 Å². The summed E-state index contributed by atoms with van der Waals surface area (Å²) >= 11 is 0. The average molecular weight is 512 g/mol. The van der Waals surface area contributed by atoms with E-state index in [2.05, 4.69) is 20.2 Å². The van der Waals surface area contributed by atoms with Crippen LogP contribution < -0.4 is 15.8 Å². The molecule has 36 heavy (non-hydrogen) atoms. The number of nitrogens with zero attached hydrogens (tertiary/aromatic N) is 3. The van der Waals surface area contributed by atoms with E-state index in [4.69, 9.17) is 0 Å². The van der Waals surface area contributed by atoms with Crippen LogP contribution in [0.25, 0.3) is 10.9 Å².